The van der Waals surface area contributed by atoms with Gasteiger partial charge in [0, 0.05) is 32.4 Å². The minimum absolute atomic E-state index is 0.0304. The number of rotatable bonds is 14. The summed E-state index contributed by atoms with van der Waals surface area (Å²) in [6.45, 7) is 4.00. The molecule has 27 heteroatoms. The monoisotopic (exact) mass is 837 g/mol. The number of fused-ring (bicyclic) bond motifs is 1. The van der Waals surface area contributed by atoms with E-state index >= 15 is 0 Å². The highest BCUT2D eigenvalue weighted by atomic mass is 31.2. The first-order valence-electron chi connectivity index (χ1n) is 16.1. The zero-order valence-corrected chi connectivity index (χ0v) is 32.9. The van der Waals surface area contributed by atoms with Gasteiger partial charge in [0.15, 0.2) is 11.5 Å². The molecule has 6 atom stereocenters. The molecular weight excluding hydrogens is 791 g/mol. The van der Waals surface area contributed by atoms with Crippen LogP contribution in [0.4, 0.5) is 17.5 Å². The summed E-state index contributed by atoms with van der Waals surface area (Å²) in [4.78, 5) is 60.2. The van der Waals surface area contributed by atoms with Crippen LogP contribution in [-0.4, -0.2) is 136 Å². The van der Waals surface area contributed by atoms with Gasteiger partial charge in [-0.15, -0.1) is 0 Å². The SMILES string of the molecule is CP(=O)(O)CO[C@H](CO)Cn1ccc(N)nc1=O.CP(=O)(O)CO[C@H](CO)Cn1cnc2c(N)ncnc21.CP1(=O)CO[C@@H](Cn2ccc(N)nc2=O)CO1. The number of hydrogen-bond acceptors (Lipinski definition) is 19. The van der Waals surface area contributed by atoms with Crippen LogP contribution in [0.1, 0.15) is 0 Å². The molecule has 1 saturated heterocycles. The molecule has 0 aliphatic carbocycles. The molecule has 0 aromatic carbocycles. The van der Waals surface area contributed by atoms with Crippen LogP contribution in [0.5, 0.6) is 0 Å². The Morgan fingerprint density at radius 2 is 1.42 bits per heavy atom. The average molecular weight is 838 g/mol. The van der Waals surface area contributed by atoms with Gasteiger partial charge in [-0.05, 0) is 12.1 Å². The van der Waals surface area contributed by atoms with Crippen LogP contribution in [0, 0.1) is 0 Å². The molecule has 4 aromatic rings. The van der Waals surface area contributed by atoms with Crippen molar-refractivity contribution in [1.82, 2.24) is 38.6 Å². The predicted octanol–water partition coefficient (Wildman–Crippen LogP) is -1.19. The van der Waals surface area contributed by atoms with E-state index in [-0.39, 0.29) is 75.5 Å². The highest BCUT2D eigenvalue weighted by molar-refractivity contribution is 7.58. The fraction of sp³-hybridized carbons (Fsp3) is 0.536. The van der Waals surface area contributed by atoms with Crippen molar-refractivity contribution in [2.45, 2.75) is 37.9 Å². The number of nitrogen functional groups attached to an aromatic ring is 3. The normalized spacial score (nSPS) is 20.2. The highest BCUT2D eigenvalue weighted by Gasteiger charge is 2.27. The van der Waals surface area contributed by atoms with E-state index in [2.05, 4.69) is 24.9 Å². The molecule has 0 amide bonds. The van der Waals surface area contributed by atoms with Gasteiger partial charge in [0.25, 0.3) is 0 Å². The lowest BCUT2D eigenvalue weighted by Gasteiger charge is -2.27. The van der Waals surface area contributed by atoms with Crippen molar-refractivity contribution >= 4 is 50.7 Å². The maximum atomic E-state index is 11.5. The lowest BCUT2D eigenvalue weighted by atomic mass is 10.3. The summed E-state index contributed by atoms with van der Waals surface area (Å²) in [6.07, 6.45) is 3.49. The van der Waals surface area contributed by atoms with Crippen LogP contribution in [-0.2, 0) is 52.1 Å². The fourth-order valence-corrected chi connectivity index (χ4v) is 6.35. The summed E-state index contributed by atoms with van der Waals surface area (Å²) in [5, 5.41) is 18.3. The van der Waals surface area contributed by atoms with Gasteiger partial charge in [-0.3, -0.25) is 22.8 Å². The topological polar surface area (TPSA) is 360 Å². The highest BCUT2D eigenvalue weighted by Crippen LogP contribution is 2.45. The number of nitrogens with two attached hydrogens (primary N) is 3. The lowest BCUT2D eigenvalue weighted by Crippen LogP contribution is -2.34. The van der Waals surface area contributed by atoms with E-state index in [0.717, 1.165) is 6.66 Å². The number of ether oxygens (including phenoxy) is 3. The van der Waals surface area contributed by atoms with Crippen LogP contribution in [0.15, 0.2) is 46.8 Å². The minimum atomic E-state index is -3.31. The Balaban J connectivity index is 0.000000222. The molecular formula is C28H46N11O13P3. The summed E-state index contributed by atoms with van der Waals surface area (Å²) in [5.41, 5.74) is 16.4. The van der Waals surface area contributed by atoms with Crippen LogP contribution in [0.3, 0.4) is 0 Å². The smallest absolute Gasteiger partial charge is 0.349 e. The Morgan fingerprint density at radius 1 is 0.891 bits per heavy atom. The van der Waals surface area contributed by atoms with Crippen molar-refractivity contribution in [2.24, 2.45) is 0 Å². The standard InChI is InChI=1S/C10H16N5O4P.C9H16N3O5P.C9H14N3O4P/c1-20(17,18)6-19-7(3-16)2-15-5-14-8-9(11)12-4-13-10(8)15;1-18(15,16)6-17-7(5-13)4-12-3-2-8(10)11-9(12)14;1-17(14)6-15-7(5-16-17)4-12-3-2-8(10)11-9(12)13/h4-5,7,16H,2-3,6H2,1H3,(H,17,18)(H2,11,12,13);2-3,7,13H,4-6H2,1H3,(H,15,16)(H2,10,11,14);2-3,7H,4-6H2,1H3,(H2,10,11,13)/t2*7-;7-,17?/m000/s1. The second-order valence-corrected chi connectivity index (χ2v) is 19.7. The number of aliphatic hydroxyl groups is 2. The molecule has 5 heterocycles. The third kappa shape index (κ3) is 16.0. The molecule has 4 aromatic heterocycles. The molecule has 0 bridgehead atoms. The zero-order valence-electron chi connectivity index (χ0n) is 30.2. The van der Waals surface area contributed by atoms with E-state index in [0.29, 0.717) is 17.7 Å². The molecule has 1 fully saturated rings. The molecule has 0 saturated carbocycles. The molecule has 0 spiro atoms. The Labute approximate surface area is 313 Å². The van der Waals surface area contributed by atoms with Crippen molar-refractivity contribution in [2.75, 3.05) is 76.1 Å². The largest absolute Gasteiger partial charge is 0.394 e. The molecule has 5 rings (SSSR count). The summed E-state index contributed by atoms with van der Waals surface area (Å²) in [5.74, 6) is 0.555. The van der Waals surface area contributed by atoms with E-state index in [1.54, 1.807) is 10.8 Å². The first-order valence-corrected chi connectivity index (χ1v) is 23.0. The maximum Gasteiger partial charge on any atom is 0.349 e. The van der Waals surface area contributed by atoms with Gasteiger partial charge in [0.1, 0.15) is 48.6 Å². The summed E-state index contributed by atoms with van der Waals surface area (Å²) < 4.78 is 58.8. The summed E-state index contributed by atoms with van der Waals surface area (Å²) in [6, 6.07) is 2.97. The molecule has 55 heavy (non-hydrogen) atoms. The van der Waals surface area contributed by atoms with Crippen molar-refractivity contribution in [3.05, 3.63) is 58.1 Å². The van der Waals surface area contributed by atoms with Crippen molar-refractivity contribution < 1.29 is 52.4 Å². The number of imidazole rings is 1. The van der Waals surface area contributed by atoms with Gasteiger partial charge < -0.3 is 60.5 Å². The zero-order chi connectivity index (χ0) is 41.0. The number of nitrogens with zero attached hydrogens (tertiary/aromatic N) is 8. The average Bonchev–Trinajstić information content (AvgIpc) is 3.51. The molecule has 1 aliphatic heterocycles. The number of aromatic nitrogens is 8. The van der Waals surface area contributed by atoms with Crippen molar-refractivity contribution in [1.29, 1.82) is 0 Å². The second kappa shape index (κ2) is 20.3. The van der Waals surface area contributed by atoms with Crippen LogP contribution in [0.2, 0.25) is 0 Å². The lowest BCUT2D eigenvalue weighted by molar-refractivity contribution is 0.00381. The first kappa shape index (κ1) is 45.5. The van der Waals surface area contributed by atoms with Crippen LogP contribution < -0.4 is 28.6 Å². The van der Waals surface area contributed by atoms with E-state index in [1.165, 1.54) is 53.4 Å². The number of anilines is 3. The van der Waals surface area contributed by atoms with E-state index in [9.17, 15) is 33.3 Å². The summed E-state index contributed by atoms with van der Waals surface area (Å²) >= 11 is 0. The molecule has 1 aliphatic rings. The van der Waals surface area contributed by atoms with Crippen molar-refractivity contribution in [3.8, 4) is 0 Å². The minimum Gasteiger partial charge on any atom is -0.394 e. The van der Waals surface area contributed by atoms with E-state index < -0.39 is 45.7 Å². The number of hydrogen-bond donors (Lipinski definition) is 7. The molecule has 3 unspecified atom stereocenters. The molecule has 24 nitrogen and oxygen atoms in total. The maximum absolute atomic E-state index is 11.5. The third-order valence-corrected chi connectivity index (χ3v) is 9.58. The van der Waals surface area contributed by atoms with Gasteiger partial charge in [-0.2, -0.15) is 9.97 Å². The molecule has 10 N–H and O–H groups in total. The first-order chi connectivity index (χ1) is 25.7. The van der Waals surface area contributed by atoms with Gasteiger partial charge in [0.05, 0.1) is 58.0 Å². The Kier molecular flexibility index (Phi) is 16.8. The third-order valence-electron chi connectivity index (χ3n) is 7.01. The molecule has 306 valence electrons. The van der Waals surface area contributed by atoms with Crippen LogP contribution >= 0.6 is 22.1 Å². The fourth-order valence-electron chi connectivity index (χ4n) is 4.34. The van der Waals surface area contributed by atoms with Crippen molar-refractivity contribution in [3.63, 3.8) is 0 Å². The van der Waals surface area contributed by atoms with Crippen LogP contribution in [0.25, 0.3) is 11.2 Å². The predicted molar refractivity (Wildman–Crippen MR) is 200 cm³/mol. The Morgan fingerprint density at radius 3 is 1.89 bits per heavy atom. The Hall–Kier alpha value is -3.92. The van der Waals surface area contributed by atoms with E-state index in [1.807, 2.05) is 0 Å². The second-order valence-electron chi connectivity index (χ2n) is 12.4. The van der Waals surface area contributed by atoms with Gasteiger partial charge in [-0.25, -0.2) is 24.5 Å². The Bertz CT molecular complexity index is 2110. The summed E-state index contributed by atoms with van der Waals surface area (Å²) in [7, 11) is -9.19. The van der Waals surface area contributed by atoms with E-state index in [4.69, 9.17) is 45.9 Å². The van der Waals surface area contributed by atoms with Gasteiger partial charge in [-0.1, -0.05) is 0 Å². The van der Waals surface area contributed by atoms with Gasteiger partial charge in [0.2, 0.25) is 22.1 Å². The van der Waals surface area contributed by atoms with Gasteiger partial charge >= 0.3 is 11.4 Å². The number of aliphatic hydroxyl groups excluding tert-OH is 2. The quantitative estimate of drug-likeness (QED) is 0.0734. The molecule has 0 radical (unpaired) electrons.